The van der Waals surface area contributed by atoms with Crippen molar-refractivity contribution in [1.29, 1.82) is 0 Å². The van der Waals surface area contributed by atoms with Crippen molar-refractivity contribution in [1.82, 2.24) is 4.90 Å². The lowest BCUT2D eigenvalue weighted by atomic mass is 9.90. The molecule has 2 amide bonds. The molecular weight excluding hydrogens is 268 g/mol. The monoisotopic (exact) mass is 288 g/mol. The molecule has 2 heterocycles. The van der Waals surface area contributed by atoms with Gasteiger partial charge in [0.15, 0.2) is 0 Å². The molecule has 21 heavy (non-hydrogen) atoms. The van der Waals surface area contributed by atoms with Crippen molar-refractivity contribution < 1.29 is 14.3 Å². The van der Waals surface area contributed by atoms with Gasteiger partial charge in [-0.15, -0.1) is 0 Å². The molecule has 0 saturated carbocycles. The van der Waals surface area contributed by atoms with E-state index in [9.17, 15) is 9.59 Å². The van der Waals surface area contributed by atoms with E-state index in [0.29, 0.717) is 12.8 Å². The van der Waals surface area contributed by atoms with Crippen LogP contribution in [0.15, 0.2) is 30.3 Å². The maximum Gasteiger partial charge on any atom is 0.410 e. The zero-order valence-corrected chi connectivity index (χ0v) is 11.9. The summed E-state index contributed by atoms with van der Waals surface area (Å²) in [5.74, 6) is -0.343. The van der Waals surface area contributed by atoms with E-state index in [4.69, 9.17) is 10.5 Å². The van der Waals surface area contributed by atoms with Gasteiger partial charge in [-0.05, 0) is 31.2 Å². The Labute approximate surface area is 124 Å². The molecule has 5 nitrogen and oxygen atoms in total. The van der Waals surface area contributed by atoms with Gasteiger partial charge in [0, 0.05) is 18.0 Å². The van der Waals surface area contributed by atoms with Crippen LogP contribution >= 0.6 is 0 Å². The quantitative estimate of drug-likeness (QED) is 0.925. The molecule has 2 aliphatic heterocycles. The molecule has 5 heteroatoms. The largest absolute Gasteiger partial charge is 0.445 e. The SMILES string of the molecule is NC(=O)C1CC2CCC(C1)N2C(=O)OCc1ccccc1. The second-order valence-corrected chi connectivity index (χ2v) is 5.90. The van der Waals surface area contributed by atoms with E-state index in [0.717, 1.165) is 18.4 Å². The maximum absolute atomic E-state index is 12.3. The summed E-state index contributed by atoms with van der Waals surface area (Å²) in [4.78, 5) is 25.5. The first-order chi connectivity index (χ1) is 10.1. The highest BCUT2D eigenvalue weighted by atomic mass is 16.6. The van der Waals surface area contributed by atoms with Crippen LogP contribution in [0.25, 0.3) is 0 Å². The Morgan fingerprint density at radius 3 is 2.33 bits per heavy atom. The van der Waals surface area contributed by atoms with Crippen molar-refractivity contribution in [3.8, 4) is 0 Å². The number of hydrogen-bond donors (Lipinski definition) is 1. The van der Waals surface area contributed by atoms with Crippen molar-refractivity contribution in [3.63, 3.8) is 0 Å². The Morgan fingerprint density at radius 1 is 1.14 bits per heavy atom. The lowest BCUT2D eigenvalue weighted by Gasteiger charge is -2.37. The van der Waals surface area contributed by atoms with Gasteiger partial charge in [-0.1, -0.05) is 30.3 Å². The summed E-state index contributed by atoms with van der Waals surface area (Å²) < 4.78 is 5.41. The van der Waals surface area contributed by atoms with Gasteiger partial charge in [-0.2, -0.15) is 0 Å². The predicted octanol–water partition coefficient (Wildman–Crippen LogP) is 2.05. The van der Waals surface area contributed by atoms with Gasteiger partial charge in [-0.25, -0.2) is 4.79 Å². The summed E-state index contributed by atoms with van der Waals surface area (Å²) in [7, 11) is 0. The average Bonchev–Trinajstić information content (AvgIpc) is 2.75. The molecular formula is C16H20N2O3. The number of nitrogens with two attached hydrogens (primary N) is 1. The van der Waals surface area contributed by atoms with Crippen LogP contribution in [0.1, 0.15) is 31.2 Å². The highest BCUT2D eigenvalue weighted by Gasteiger charge is 2.45. The number of nitrogens with zero attached hydrogens (tertiary/aromatic N) is 1. The summed E-state index contributed by atoms with van der Waals surface area (Å²) in [6.07, 6.45) is 2.96. The van der Waals surface area contributed by atoms with Gasteiger partial charge in [0.25, 0.3) is 0 Å². The van der Waals surface area contributed by atoms with Crippen molar-refractivity contribution in [2.75, 3.05) is 0 Å². The first kappa shape index (κ1) is 13.9. The molecule has 2 N–H and O–H groups in total. The fourth-order valence-electron chi connectivity index (χ4n) is 3.50. The van der Waals surface area contributed by atoms with Crippen LogP contribution in [0.5, 0.6) is 0 Å². The van der Waals surface area contributed by atoms with E-state index in [-0.39, 0.29) is 36.6 Å². The van der Waals surface area contributed by atoms with E-state index >= 15 is 0 Å². The first-order valence-corrected chi connectivity index (χ1v) is 7.43. The summed E-state index contributed by atoms with van der Waals surface area (Å²) in [6, 6.07) is 9.84. The third-order valence-electron chi connectivity index (χ3n) is 4.55. The van der Waals surface area contributed by atoms with Gasteiger partial charge in [0.2, 0.25) is 5.91 Å². The van der Waals surface area contributed by atoms with E-state index in [1.165, 1.54) is 0 Å². The second-order valence-electron chi connectivity index (χ2n) is 5.90. The topological polar surface area (TPSA) is 72.6 Å². The third-order valence-corrected chi connectivity index (χ3v) is 4.55. The molecule has 2 atom stereocenters. The Morgan fingerprint density at radius 2 is 1.76 bits per heavy atom. The summed E-state index contributed by atoms with van der Waals surface area (Å²) in [6.45, 7) is 0.287. The minimum absolute atomic E-state index is 0.0966. The van der Waals surface area contributed by atoms with Crippen LogP contribution in [0, 0.1) is 5.92 Å². The number of rotatable bonds is 3. The number of benzene rings is 1. The van der Waals surface area contributed by atoms with Crippen molar-refractivity contribution in [2.24, 2.45) is 11.7 Å². The fourth-order valence-corrected chi connectivity index (χ4v) is 3.50. The molecule has 2 saturated heterocycles. The standard InChI is InChI=1S/C16H20N2O3/c17-15(19)12-8-13-6-7-14(9-12)18(13)16(20)21-10-11-4-2-1-3-5-11/h1-5,12-14H,6-10H2,(H2,17,19). The molecule has 0 aromatic heterocycles. The third kappa shape index (κ3) is 2.86. The number of amides is 2. The van der Waals surface area contributed by atoms with Crippen molar-refractivity contribution in [2.45, 2.75) is 44.4 Å². The molecule has 112 valence electrons. The Hall–Kier alpha value is -2.04. The van der Waals surface area contributed by atoms with Gasteiger partial charge in [-0.3, -0.25) is 4.79 Å². The van der Waals surface area contributed by atoms with Crippen molar-refractivity contribution in [3.05, 3.63) is 35.9 Å². The number of carbonyl (C=O) groups excluding carboxylic acids is 2. The van der Waals surface area contributed by atoms with Gasteiger partial charge in [0.05, 0.1) is 0 Å². The number of fused-ring (bicyclic) bond motifs is 2. The fraction of sp³-hybridized carbons (Fsp3) is 0.500. The average molecular weight is 288 g/mol. The number of hydrogen-bond acceptors (Lipinski definition) is 3. The van der Waals surface area contributed by atoms with E-state index in [1.54, 1.807) is 0 Å². The predicted molar refractivity (Wildman–Crippen MR) is 77.2 cm³/mol. The summed E-state index contributed by atoms with van der Waals surface area (Å²) >= 11 is 0. The van der Waals surface area contributed by atoms with Crippen LogP contribution < -0.4 is 5.73 Å². The number of ether oxygens (including phenoxy) is 1. The Bertz CT molecular complexity index is 518. The van der Waals surface area contributed by atoms with Crippen LogP contribution in [0.2, 0.25) is 0 Å². The zero-order chi connectivity index (χ0) is 14.8. The Balaban J connectivity index is 1.60. The van der Waals surface area contributed by atoms with Crippen LogP contribution in [0.4, 0.5) is 4.79 Å². The van der Waals surface area contributed by atoms with Crippen LogP contribution in [-0.2, 0) is 16.1 Å². The summed E-state index contributed by atoms with van der Waals surface area (Å²) in [5.41, 5.74) is 6.38. The van der Waals surface area contributed by atoms with Crippen LogP contribution in [0.3, 0.4) is 0 Å². The normalized spacial score (nSPS) is 27.4. The molecule has 2 aliphatic rings. The lowest BCUT2D eigenvalue weighted by Crippen LogP contribution is -2.49. The maximum atomic E-state index is 12.3. The van der Waals surface area contributed by atoms with E-state index in [1.807, 2.05) is 35.2 Å². The number of primary amides is 1. The molecule has 1 aromatic carbocycles. The van der Waals surface area contributed by atoms with Gasteiger partial charge >= 0.3 is 6.09 Å². The number of carbonyl (C=O) groups is 2. The first-order valence-electron chi connectivity index (χ1n) is 7.43. The minimum Gasteiger partial charge on any atom is -0.445 e. The molecule has 0 spiro atoms. The Kier molecular flexibility index (Phi) is 3.82. The smallest absolute Gasteiger partial charge is 0.410 e. The molecule has 2 unspecified atom stereocenters. The summed E-state index contributed by atoms with van der Waals surface area (Å²) in [5, 5.41) is 0. The molecule has 3 rings (SSSR count). The lowest BCUT2D eigenvalue weighted by molar-refractivity contribution is -0.124. The number of piperidine rings is 1. The van der Waals surface area contributed by atoms with Crippen molar-refractivity contribution >= 4 is 12.0 Å². The van der Waals surface area contributed by atoms with E-state index < -0.39 is 0 Å². The highest BCUT2D eigenvalue weighted by molar-refractivity contribution is 5.77. The molecule has 2 fully saturated rings. The molecule has 0 aliphatic carbocycles. The van der Waals surface area contributed by atoms with Gasteiger partial charge in [0.1, 0.15) is 6.61 Å². The molecule has 2 bridgehead atoms. The molecule has 1 aromatic rings. The minimum atomic E-state index is -0.269. The highest BCUT2D eigenvalue weighted by Crippen LogP contribution is 2.38. The molecule has 0 radical (unpaired) electrons. The zero-order valence-electron chi connectivity index (χ0n) is 11.9. The van der Waals surface area contributed by atoms with Gasteiger partial charge < -0.3 is 15.4 Å². The van der Waals surface area contributed by atoms with E-state index in [2.05, 4.69) is 0 Å². The second kappa shape index (κ2) is 5.76. The van der Waals surface area contributed by atoms with Crippen LogP contribution in [-0.4, -0.2) is 29.0 Å².